The first-order valence-electron chi connectivity index (χ1n) is 9.43. The molecule has 3 rings (SSSR count). The first-order chi connectivity index (χ1) is 13.7. The summed E-state index contributed by atoms with van der Waals surface area (Å²) in [5, 5.41) is 11.3. The molecule has 0 aliphatic heterocycles. The minimum atomic E-state index is -4.41. The lowest BCUT2D eigenvalue weighted by molar-refractivity contribution is -0.137. The van der Waals surface area contributed by atoms with Crippen LogP contribution in [0.5, 0.6) is 0 Å². The third kappa shape index (κ3) is 4.75. The number of nitrogens with one attached hydrogen (secondary N) is 1. The van der Waals surface area contributed by atoms with E-state index in [0.29, 0.717) is 17.0 Å². The maximum absolute atomic E-state index is 12.9. The van der Waals surface area contributed by atoms with Crippen molar-refractivity contribution >= 4 is 11.6 Å². The Balaban J connectivity index is 1.74. The first kappa shape index (κ1) is 20.8. The summed E-state index contributed by atoms with van der Waals surface area (Å²) in [4.78, 5) is 12.7. The van der Waals surface area contributed by atoms with Crippen molar-refractivity contribution in [1.82, 2.24) is 19.9 Å². The van der Waals surface area contributed by atoms with Crippen molar-refractivity contribution < 1.29 is 18.0 Å². The number of rotatable bonds is 6. The van der Waals surface area contributed by atoms with Gasteiger partial charge in [-0.2, -0.15) is 13.2 Å². The second kappa shape index (κ2) is 8.23. The molecule has 2 heterocycles. The van der Waals surface area contributed by atoms with Gasteiger partial charge in [0.05, 0.1) is 11.6 Å². The Morgan fingerprint density at radius 3 is 2.55 bits per heavy atom. The van der Waals surface area contributed by atoms with Crippen LogP contribution in [-0.4, -0.2) is 20.5 Å². The molecule has 0 aliphatic carbocycles. The summed E-state index contributed by atoms with van der Waals surface area (Å²) in [6.45, 7) is 5.67. The smallest absolute Gasteiger partial charge is 0.346 e. The third-order valence-corrected chi connectivity index (χ3v) is 4.88. The Labute approximate surface area is 167 Å². The third-order valence-electron chi connectivity index (χ3n) is 4.88. The molecule has 2 aromatic heterocycles. The summed E-state index contributed by atoms with van der Waals surface area (Å²) in [6.07, 6.45) is -2.51. The number of hydrogen-bond acceptors (Lipinski definition) is 3. The Kier molecular flexibility index (Phi) is 5.91. The Morgan fingerprint density at radius 2 is 1.86 bits per heavy atom. The lowest BCUT2D eigenvalue weighted by atomic mass is 9.95. The molecule has 8 heteroatoms. The van der Waals surface area contributed by atoms with Gasteiger partial charge in [-0.3, -0.25) is 9.20 Å². The fraction of sp³-hybridized carbons (Fsp3) is 0.381. The molecule has 0 saturated heterocycles. The van der Waals surface area contributed by atoms with Crippen LogP contribution in [0.1, 0.15) is 56.1 Å². The topological polar surface area (TPSA) is 59.3 Å². The molecule has 0 spiro atoms. The monoisotopic (exact) mass is 404 g/mol. The second-order valence-corrected chi connectivity index (χ2v) is 7.50. The van der Waals surface area contributed by atoms with Crippen molar-refractivity contribution in [2.75, 3.05) is 0 Å². The zero-order chi connectivity index (χ0) is 21.2. The molecular formula is C21H23F3N4O. The fourth-order valence-corrected chi connectivity index (χ4v) is 3.25. The number of amides is 1. The number of hydrogen-bond donors (Lipinski definition) is 1. The number of nitrogens with zero attached hydrogens (tertiary/aromatic N) is 3. The predicted molar refractivity (Wildman–Crippen MR) is 103 cm³/mol. The van der Waals surface area contributed by atoms with Crippen LogP contribution in [0.15, 0.2) is 48.7 Å². The molecule has 1 amide bonds. The van der Waals surface area contributed by atoms with E-state index >= 15 is 0 Å². The highest BCUT2D eigenvalue weighted by atomic mass is 19.4. The number of carbonyl (C=O) groups is 1. The maximum Gasteiger partial charge on any atom is 0.416 e. The van der Waals surface area contributed by atoms with Crippen LogP contribution in [-0.2, 0) is 11.0 Å². The van der Waals surface area contributed by atoms with Crippen molar-refractivity contribution in [2.24, 2.45) is 5.92 Å². The van der Waals surface area contributed by atoms with Crippen molar-refractivity contribution in [3.05, 3.63) is 65.6 Å². The normalized spacial score (nSPS) is 14.2. The summed E-state index contributed by atoms with van der Waals surface area (Å²) in [6, 6.07) is 10.3. The van der Waals surface area contributed by atoms with Gasteiger partial charge in [-0.05, 0) is 35.6 Å². The molecule has 0 radical (unpaired) electrons. The largest absolute Gasteiger partial charge is 0.416 e. The van der Waals surface area contributed by atoms with Gasteiger partial charge < -0.3 is 5.32 Å². The predicted octanol–water partition coefficient (Wildman–Crippen LogP) is 4.76. The minimum absolute atomic E-state index is 0.0513. The average Bonchev–Trinajstić information content (AvgIpc) is 3.09. The van der Waals surface area contributed by atoms with E-state index < -0.39 is 11.7 Å². The van der Waals surface area contributed by atoms with Crippen molar-refractivity contribution in [1.29, 1.82) is 0 Å². The molecule has 2 unspecified atom stereocenters. The van der Waals surface area contributed by atoms with Gasteiger partial charge in [-0.25, -0.2) is 0 Å². The SMILES string of the molecule is CC(CC(=O)NC(c1nnc2ccccn12)C(C)C)c1cccc(C(F)(F)F)c1. The van der Waals surface area contributed by atoms with E-state index in [4.69, 9.17) is 0 Å². The Morgan fingerprint density at radius 1 is 1.10 bits per heavy atom. The number of halogens is 3. The van der Waals surface area contributed by atoms with Crippen LogP contribution in [0.3, 0.4) is 0 Å². The van der Waals surface area contributed by atoms with Crippen LogP contribution in [0, 0.1) is 5.92 Å². The molecule has 3 aromatic rings. The van der Waals surface area contributed by atoms with Gasteiger partial charge in [-0.1, -0.05) is 45.0 Å². The van der Waals surface area contributed by atoms with Crippen molar-refractivity contribution in [3.63, 3.8) is 0 Å². The van der Waals surface area contributed by atoms with E-state index in [2.05, 4.69) is 15.5 Å². The Hall–Kier alpha value is -2.90. The van der Waals surface area contributed by atoms with Gasteiger partial charge in [0.25, 0.3) is 0 Å². The zero-order valence-corrected chi connectivity index (χ0v) is 16.4. The standard InChI is InChI=1S/C21H23F3N4O/c1-13(2)19(20-27-26-17-9-4-5-10-28(17)20)25-18(29)11-14(3)15-7-6-8-16(12-15)21(22,23)24/h4-10,12-14,19H,11H2,1-3H3,(H,25,29). The second-order valence-electron chi connectivity index (χ2n) is 7.50. The van der Waals surface area contributed by atoms with Gasteiger partial charge in [-0.15, -0.1) is 10.2 Å². The van der Waals surface area contributed by atoms with Crippen LogP contribution in [0.2, 0.25) is 0 Å². The number of carbonyl (C=O) groups excluding carboxylic acids is 1. The van der Waals surface area contributed by atoms with Gasteiger partial charge in [0.15, 0.2) is 11.5 Å². The highest BCUT2D eigenvalue weighted by molar-refractivity contribution is 5.77. The van der Waals surface area contributed by atoms with E-state index in [0.717, 1.165) is 12.1 Å². The molecule has 1 N–H and O–H groups in total. The van der Waals surface area contributed by atoms with E-state index in [-0.39, 0.29) is 30.2 Å². The lowest BCUT2D eigenvalue weighted by Crippen LogP contribution is -2.33. The van der Waals surface area contributed by atoms with Crippen LogP contribution < -0.4 is 5.32 Å². The molecular weight excluding hydrogens is 381 g/mol. The van der Waals surface area contributed by atoms with E-state index in [1.165, 1.54) is 6.07 Å². The molecule has 5 nitrogen and oxygen atoms in total. The van der Waals surface area contributed by atoms with Crippen LogP contribution in [0.25, 0.3) is 5.65 Å². The first-order valence-corrected chi connectivity index (χ1v) is 9.43. The molecule has 0 fully saturated rings. The van der Waals surface area contributed by atoms with Gasteiger partial charge in [0.1, 0.15) is 0 Å². The summed E-state index contributed by atoms with van der Waals surface area (Å²) >= 11 is 0. The summed E-state index contributed by atoms with van der Waals surface area (Å²) in [5.41, 5.74) is 0.445. The summed E-state index contributed by atoms with van der Waals surface area (Å²) in [7, 11) is 0. The number of alkyl halides is 3. The van der Waals surface area contributed by atoms with Gasteiger partial charge in [0, 0.05) is 12.6 Å². The maximum atomic E-state index is 12.9. The quantitative estimate of drug-likeness (QED) is 0.645. The molecule has 0 aliphatic rings. The molecule has 1 aromatic carbocycles. The highest BCUT2D eigenvalue weighted by Crippen LogP contribution is 2.32. The molecule has 29 heavy (non-hydrogen) atoms. The minimum Gasteiger partial charge on any atom is -0.346 e. The van der Waals surface area contributed by atoms with Crippen LogP contribution >= 0.6 is 0 Å². The number of pyridine rings is 1. The van der Waals surface area contributed by atoms with Crippen LogP contribution in [0.4, 0.5) is 13.2 Å². The number of benzene rings is 1. The highest BCUT2D eigenvalue weighted by Gasteiger charge is 2.31. The van der Waals surface area contributed by atoms with E-state index in [1.54, 1.807) is 13.0 Å². The number of aromatic nitrogens is 3. The lowest BCUT2D eigenvalue weighted by Gasteiger charge is -2.22. The van der Waals surface area contributed by atoms with E-state index in [9.17, 15) is 18.0 Å². The summed E-state index contributed by atoms with van der Waals surface area (Å²) in [5.74, 6) is 0.0626. The Bertz CT molecular complexity index is 997. The van der Waals surface area contributed by atoms with Gasteiger partial charge in [0.2, 0.25) is 5.91 Å². The molecule has 2 atom stereocenters. The molecule has 0 saturated carbocycles. The summed E-state index contributed by atoms with van der Waals surface area (Å²) < 4.78 is 40.7. The van der Waals surface area contributed by atoms with Crippen molar-refractivity contribution in [3.8, 4) is 0 Å². The molecule has 0 bridgehead atoms. The van der Waals surface area contributed by atoms with E-state index in [1.807, 2.05) is 42.6 Å². The zero-order valence-electron chi connectivity index (χ0n) is 16.4. The number of fused-ring (bicyclic) bond motifs is 1. The average molecular weight is 404 g/mol. The van der Waals surface area contributed by atoms with Gasteiger partial charge >= 0.3 is 6.18 Å². The van der Waals surface area contributed by atoms with Crippen molar-refractivity contribution in [2.45, 2.75) is 45.3 Å². The fourth-order valence-electron chi connectivity index (χ4n) is 3.25. The molecule has 154 valence electrons.